The van der Waals surface area contributed by atoms with Gasteiger partial charge >= 0.3 is 23.9 Å². The second-order valence-electron chi connectivity index (χ2n) is 17.6. The van der Waals surface area contributed by atoms with Crippen LogP contribution in [0.5, 0.6) is 0 Å². The molecule has 1 N–H and O–H groups in total. The van der Waals surface area contributed by atoms with Crippen LogP contribution < -0.4 is 0 Å². The van der Waals surface area contributed by atoms with Crippen LogP contribution in [0, 0.1) is 0 Å². The van der Waals surface area contributed by atoms with Crippen molar-refractivity contribution in [1.82, 2.24) is 4.90 Å². The van der Waals surface area contributed by atoms with E-state index < -0.39 is 0 Å². The molecule has 0 aliphatic carbocycles. The number of carbonyl (C=O) groups excluding carboxylic acids is 4. The zero-order chi connectivity index (χ0) is 44.9. The number of nitrogens with zero attached hydrogens (tertiary/aromatic N) is 1. The molecular weight excluding hydrogens is 771 g/mol. The van der Waals surface area contributed by atoms with E-state index >= 15 is 0 Å². The highest BCUT2D eigenvalue weighted by Crippen LogP contribution is 2.17. The molecule has 10 heteroatoms. The smallest absolute Gasteiger partial charge is 0.306 e. The summed E-state index contributed by atoms with van der Waals surface area (Å²) in [6, 6.07) is 0. The molecule has 0 aromatic rings. The zero-order valence-corrected chi connectivity index (χ0v) is 40.3. The van der Waals surface area contributed by atoms with E-state index in [9.17, 15) is 24.3 Å². The van der Waals surface area contributed by atoms with E-state index in [-0.39, 0.29) is 55.9 Å². The van der Waals surface area contributed by atoms with Gasteiger partial charge in [0.1, 0.15) is 25.4 Å². The van der Waals surface area contributed by atoms with Gasteiger partial charge in [-0.2, -0.15) is 0 Å². The van der Waals surface area contributed by atoms with Crippen molar-refractivity contribution in [3.63, 3.8) is 0 Å². The zero-order valence-electron chi connectivity index (χ0n) is 40.3. The predicted molar refractivity (Wildman–Crippen MR) is 249 cm³/mol. The van der Waals surface area contributed by atoms with Crippen LogP contribution in [0.2, 0.25) is 0 Å². The van der Waals surface area contributed by atoms with Gasteiger partial charge in [0.15, 0.2) is 0 Å². The van der Waals surface area contributed by atoms with Gasteiger partial charge in [-0.05, 0) is 83.7 Å². The van der Waals surface area contributed by atoms with Crippen LogP contribution in [-0.4, -0.2) is 85.5 Å². The van der Waals surface area contributed by atoms with E-state index in [1.54, 1.807) is 0 Å². The largest absolute Gasteiger partial charge is 0.462 e. The van der Waals surface area contributed by atoms with Crippen molar-refractivity contribution in [3.8, 4) is 0 Å². The first-order chi connectivity index (χ1) is 29.8. The molecule has 0 aliphatic heterocycles. The molecule has 360 valence electrons. The lowest BCUT2D eigenvalue weighted by Crippen LogP contribution is -2.28. The Hall–Kier alpha value is -2.20. The SMILES string of the molecule is CCCCCCCCCCC(COC(=O)CCCCC)OC(=O)CCCCCN(CCCO)CCCCCC(=O)OC(CCCCCCCCCC)COC(=O)CCCCC. The summed E-state index contributed by atoms with van der Waals surface area (Å²) in [7, 11) is 0. The second-order valence-corrected chi connectivity index (χ2v) is 17.6. The highest BCUT2D eigenvalue weighted by Gasteiger charge is 2.19. The quantitative estimate of drug-likeness (QED) is 0.0358. The minimum absolute atomic E-state index is 0.143. The number of esters is 4. The van der Waals surface area contributed by atoms with Crippen LogP contribution in [0.15, 0.2) is 0 Å². The van der Waals surface area contributed by atoms with Crippen LogP contribution in [0.25, 0.3) is 0 Å². The van der Waals surface area contributed by atoms with E-state index in [1.807, 2.05) is 0 Å². The molecule has 0 aromatic carbocycles. The molecular formula is C51H97NO9. The third kappa shape index (κ3) is 41.6. The number of hydrogen-bond acceptors (Lipinski definition) is 10. The maximum Gasteiger partial charge on any atom is 0.306 e. The normalized spacial score (nSPS) is 12.4. The van der Waals surface area contributed by atoms with Gasteiger partial charge in [-0.15, -0.1) is 0 Å². The van der Waals surface area contributed by atoms with Gasteiger partial charge in [0.2, 0.25) is 0 Å². The van der Waals surface area contributed by atoms with E-state index in [0.29, 0.717) is 32.1 Å². The van der Waals surface area contributed by atoms with E-state index in [2.05, 4.69) is 32.6 Å². The number of aliphatic hydroxyl groups excluding tert-OH is 1. The van der Waals surface area contributed by atoms with Gasteiger partial charge in [0.25, 0.3) is 0 Å². The lowest BCUT2D eigenvalue weighted by atomic mass is 10.1. The molecule has 0 aromatic heterocycles. The van der Waals surface area contributed by atoms with Crippen LogP contribution in [0.1, 0.15) is 252 Å². The maximum atomic E-state index is 12.9. The van der Waals surface area contributed by atoms with Gasteiger partial charge in [0, 0.05) is 38.8 Å². The molecule has 10 nitrogen and oxygen atoms in total. The Morgan fingerprint density at radius 2 is 0.672 bits per heavy atom. The van der Waals surface area contributed by atoms with Gasteiger partial charge in [-0.1, -0.05) is 156 Å². The number of ether oxygens (including phenoxy) is 4. The molecule has 0 bridgehead atoms. The van der Waals surface area contributed by atoms with Crippen molar-refractivity contribution in [2.24, 2.45) is 0 Å². The third-order valence-electron chi connectivity index (χ3n) is 11.5. The van der Waals surface area contributed by atoms with Crippen molar-refractivity contribution in [1.29, 1.82) is 0 Å². The molecule has 2 atom stereocenters. The summed E-state index contributed by atoms with van der Waals surface area (Å²) in [6.45, 7) is 11.7. The lowest BCUT2D eigenvalue weighted by molar-refractivity contribution is -0.159. The van der Waals surface area contributed by atoms with Crippen LogP contribution in [-0.2, 0) is 38.1 Å². The first kappa shape index (κ1) is 58.8. The Labute approximate surface area is 375 Å². The van der Waals surface area contributed by atoms with E-state index in [4.69, 9.17) is 18.9 Å². The fourth-order valence-corrected chi connectivity index (χ4v) is 7.60. The summed E-state index contributed by atoms with van der Waals surface area (Å²) in [6.07, 6.45) is 33.1. The fraction of sp³-hybridized carbons (Fsp3) is 0.922. The monoisotopic (exact) mass is 868 g/mol. The topological polar surface area (TPSA) is 129 Å². The summed E-state index contributed by atoms with van der Waals surface area (Å²) in [5.41, 5.74) is 0. The van der Waals surface area contributed by atoms with E-state index in [0.717, 1.165) is 135 Å². The summed E-state index contributed by atoms with van der Waals surface area (Å²) in [5.74, 6) is -0.850. The summed E-state index contributed by atoms with van der Waals surface area (Å²) >= 11 is 0. The molecule has 2 unspecified atom stereocenters. The van der Waals surface area contributed by atoms with Gasteiger partial charge in [-0.25, -0.2) is 0 Å². The predicted octanol–water partition coefficient (Wildman–Crippen LogP) is 12.9. The van der Waals surface area contributed by atoms with Crippen molar-refractivity contribution >= 4 is 23.9 Å². The molecule has 0 spiro atoms. The number of unbranched alkanes of at least 4 members (excludes halogenated alkanes) is 22. The number of rotatable bonds is 47. The number of hydrogen-bond donors (Lipinski definition) is 1. The number of carbonyl (C=O) groups is 4. The lowest BCUT2D eigenvalue weighted by Gasteiger charge is -2.22. The highest BCUT2D eigenvalue weighted by atomic mass is 16.6. The Balaban J connectivity index is 4.65. The highest BCUT2D eigenvalue weighted by molar-refractivity contribution is 5.71. The summed E-state index contributed by atoms with van der Waals surface area (Å²) in [4.78, 5) is 52.6. The first-order valence-corrected chi connectivity index (χ1v) is 25.8. The second kappa shape index (κ2) is 45.8. The van der Waals surface area contributed by atoms with Crippen LogP contribution in [0.4, 0.5) is 0 Å². The molecule has 61 heavy (non-hydrogen) atoms. The Morgan fingerprint density at radius 3 is 1.05 bits per heavy atom. The van der Waals surface area contributed by atoms with E-state index in [1.165, 1.54) is 77.0 Å². The standard InChI is InChI=1S/C51H97NO9/c1-5-9-13-15-17-19-21-27-34-46(44-58-48(54)36-25-11-7-3)60-50(56)38-29-23-31-40-52(42-33-43-53)41-32-24-30-39-51(57)61-47(45-59-49(55)37-26-12-8-4)35-28-22-20-18-16-14-10-6-2/h46-47,53H,5-45H2,1-4H3. The average molecular weight is 868 g/mol. The minimum Gasteiger partial charge on any atom is -0.462 e. The van der Waals surface area contributed by atoms with Crippen molar-refractivity contribution in [2.45, 2.75) is 265 Å². The third-order valence-corrected chi connectivity index (χ3v) is 11.5. The van der Waals surface area contributed by atoms with Crippen molar-refractivity contribution < 1.29 is 43.2 Å². The van der Waals surface area contributed by atoms with Crippen LogP contribution in [0.3, 0.4) is 0 Å². The molecule has 0 saturated heterocycles. The van der Waals surface area contributed by atoms with Gasteiger partial charge < -0.3 is 29.0 Å². The molecule has 0 heterocycles. The van der Waals surface area contributed by atoms with Crippen LogP contribution >= 0.6 is 0 Å². The van der Waals surface area contributed by atoms with Crippen molar-refractivity contribution in [2.75, 3.05) is 39.5 Å². The van der Waals surface area contributed by atoms with Gasteiger partial charge in [0.05, 0.1) is 0 Å². The minimum atomic E-state index is -0.385. The molecule has 0 radical (unpaired) electrons. The summed E-state index contributed by atoms with van der Waals surface area (Å²) < 4.78 is 22.8. The fourth-order valence-electron chi connectivity index (χ4n) is 7.60. The average Bonchev–Trinajstić information content (AvgIpc) is 3.25. The Bertz CT molecular complexity index is 934. The van der Waals surface area contributed by atoms with Gasteiger partial charge in [-0.3, -0.25) is 19.2 Å². The molecule has 0 rings (SSSR count). The Kier molecular flexibility index (Phi) is 44.2. The molecule has 0 saturated carbocycles. The first-order valence-electron chi connectivity index (χ1n) is 25.8. The molecule has 0 aliphatic rings. The van der Waals surface area contributed by atoms with Crippen molar-refractivity contribution in [3.05, 3.63) is 0 Å². The maximum absolute atomic E-state index is 12.9. The number of aliphatic hydroxyl groups is 1. The Morgan fingerprint density at radius 1 is 0.377 bits per heavy atom. The molecule has 0 fully saturated rings. The molecule has 0 amide bonds. The summed E-state index contributed by atoms with van der Waals surface area (Å²) in [5, 5.41) is 9.49.